The highest BCUT2D eigenvalue weighted by molar-refractivity contribution is 8.00. The van der Waals surface area contributed by atoms with E-state index in [0.717, 1.165) is 35.2 Å². The van der Waals surface area contributed by atoms with Crippen LogP contribution >= 0.6 is 11.8 Å². The molecule has 2 unspecified atom stereocenters. The number of nitrogens with zero attached hydrogens (tertiary/aromatic N) is 3. The number of rotatable bonds is 6. The molecule has 206 valence electrons. The largest absolute Gasteiger partial charge is 0.376 e. The normalized spacial score (nSPS) is 19.6. The van der Waals surface area contributed by atoms with Crippen LogP contribution in [0.15, 0.2) is 48.5 Å². The highest BCUT2D eigenvalue weighted by Crippen LogP contribution is 2.48. The van der Waals surface area contributed by atoms with Gasteiger partial charge in [-0.25, -0.2) is 9.07 Å². The van der Waals surface area contributed by atoms with Crippen molar-refractivity contribution in [1.29, 1.82) is 0 Å². The number of benzene rings is 2. The SMILES string of the molecule is Cc1cccc(C2SCC(=O)N(CC(=O)NCC3CCCO3)c3c2c(C(C)(C)C)nn3-c2ccc(F)cc2)c1. The zero-order valence-electron chi connectivity index (χ0n) is 22.9. The van der Waals surface area contributed by atoms with Gasteiger partial charge in [-0.1, -0.05) is 50.6 Å². The summed E-state index contributed by atoms with van der Waals surface area (Å²) in [6.07, 6.45) is 1.90. The fourth-order valence-electron chi connectivity index (χ4n) is 5.16. The van der Waals surface area contributed by atoms with Crippen molar-refractivity contribution in [2.45, 2.75) is 57.3 Å². The summed E-state index contributed by atoms with van der Waals surface area (Å²) < 4.78 is 21.2. The Hall–Kier alpha value is -3.17. The first-order chi connectivity index (χ1) is 18.6. The van der Waals surface area contributed by atoms with Gasteiger partial charge in [-0.05, 0) is 49.6 Å². The van der Waals surface area contributed by atoms with Crippen molar-refractivity contribution in [3.8, 4) is 5.69 Å². The van der Waals surface area contributed by atoms with Crippen molar-refractivity contribution < 1.29 is 18.7 Å². The minimum atomic E-state index is -0.362. The lowest BCUT2D eigenvalue weighted by atomic mass is 9.87. The predicted octanol–water partition coefficient (Wildman–Crippen LogP) is 5.08. The van der Waals surface area contributed by atoms with Crippen molar-refractivity contribution in [2.75, 3.05) is 30.3 Å². The summed E-state index contributed by atoms with van der Waals surface area (Å²) in [6.45, 7) is 9.30. The van der Waals surface area contributed by atoms with Gasteiger partial charge in [0.25, 0.3) is 0 Å². The predicted molar refractivity (Wildman–Crippen MR) is 152 cm³/mol. The van der Waals surface area contributed by atoms with Crippen molar-refractivity contribution in [3.05, 3.63) is 76.7 Å². The van der Waals surface area contributed by atoms with Gasteiger partial charge in [0, 0.05) is 24.1 Å². The van der Waals surface area contributed by atoms with Crippen LogP contribution in [0.1, 0.15) is 61.2 Å². The van der Waals surface area contributed by atoms with Gasteiger partial charge in [0.15, 0.2) is 0 Å². The summed E-state index contributed by atoms with van der Waals surface area (Å²) in [6, 6.07) is 14.3. The Kier molecular flexibility index (Phi) is 7.82. The van der Waals surface area contributed by atoms with Gasteiger partial charge >= 0.3 is 0 Å². The molecule has 9 heteroatoms. The van der Waals surface area contributed by atoms with E-state index in [0.29, 0.717) is 24.7 Å². The van der Waals surface area contributed by atoms with Gasteiger partial charge < -0.3 is 10.1 Å². The van der Waals surface area contributed by atoms with Crippen LogP contribution in [0, 0.1) is 12.7 Å². The average molecular weight is 551 g/mol. The Balaban J connectivity index is 1.65. The van der Waals surface area contributed by atoms with E-state index in [1.165, 1.54) is 12.1 Å². The van der Waals surface area contributed by atoms with E-state index in [-0.39, 0.29) is 46.7 Å². The number of halogens is 1. The first-order valence-electron chi connectivity index (χ1n) is 13.4. The van der Waals surface area contributed by atoms with Crippen LogP contribution in [-0.2, 0) is 19.7 Å². The van der Waals surface area contributed by atoms with Crippen LogP contribution in [-0.4, -0.2) is 53.1 Å². The highest BCUT2D eigenvalue weighted by Gasteiger charge is 2.40. The molecule has 0 radical (unpaired) electrons. The average Bonchev–Trinajstić information content (AvgIpc) is 3.52. The van der Waals surface area contributed by atoms with Crippen LogP contribution in [0.4, 0.5) is 10.2 Å². The number of aryl methyl sites for hydroxylation is 1. The Bertz CT molecular complexity index is 1360. The van der Waals surface area contributed by atoms with Crippen molar-refractivity contribution >= 4 is 29.4 Å². The number of aromatic nitrogens is 2. The maximum Gasteiger partial charge on any atom is 0.240 e. The van der Waals surface area contributed by atoms with Crippen molar-refractivity contribution in [3.63, 3.8) is 0 Å². The second-order valence-corrected chi connectivity index (χ2v) is 12.3. The van der Waals surface area contributed by atoms with Gasteiger partial charge in [-0.3, -0.25) is 14.5 Å². The number of hydrogen-bond donors (Lipinski definition) is 1. The monoisotopic (exact) mass is 550 g/mol. The van der Waals surface area contributed by atoms with Crippen molar-refractivity contribution in [2.24, 2.45) is 0 Å². The third kappa shape index (κ3) is 5.89. The molecule has 0 aliphatic carbocycles. The first-order valence-corrected chi connectivity index (χ1v) is 14.4. The number of amides is 2. The van der Waals surface area contributed by atoms with Crippen LogP contribution in [0.25, 0.3) is 5.69 Å². The molecule has 2 atom stereocenters. The molecule has 2 aromatic carbocycles. The molecule has 7 nitrogen and oxygen atoms in total. The second kappa shape index (κ2) is 11.1. The Morgan fingerprint density at radius 3 is 2.64 bits per heavy atom. The maximum absolute atomic E-state index is 13.9. The number of carbonyl (C=O) groups is 2. The molecule has 2 amide bonds. The van der Waals surface area contributed by atoms with Gasteiger partial charge in [0.1, 0.15) is 18.2 Å². The van der Waals surface area contributed by atoms with Crippen LogP contribution in [0.2, 0.25) is 0 Å². The number of carbonyl (C=O) groups excluding carboxylic acids is 2. The molecule has 1 aromatic heterocycles. The summed E-state index contributed by atoms with van der Waals surface area (Å²) >= 11 is 1.55. The van der Waals surface area contributed by atoms with E-state index in [1.807, 2.05) is 19.1 Å². The lowest BCUT2D eigenvalue weighted by Crippen LogP contribution is -2.44. The summed E-state index contributed by atoms with van der Waals surface area (Å²) in [5, 5.41) is 7.82. The molecule has 3 heterocycles. The minimum Gasteiger partial charge on any atom is -0.376 e. The van der Waals surface area contributed by atoms with E-state index in [1.54, 1.807) is 33.5 Å². The molecular formula is C30H35FN4O3S. The van der Waals surface area contributed by atoms with Gasteiger partial charge in [-0.15, -0.1) is 11.8 Å². The molecule has 2 aliphatic heterocycles. The molecule has 0 saturated carbocycles. The van der Waals surface area contributed by atoms with E-state index < -0.39 is 0 Å². The zero-order chi connectivity index (χ0) is 27.7. The molecule has 0 bridgehead atoms. The number of anilines is 1. The smallest absolute Gasteiger partial charge is 0.240 e. The summed E-state index contributed by atoms with van der Waals surface area (Å²) in [5.41, 5.74) is 4.19. The number of thioether (sulfide) groups is 1. The quantitative estimate of drug-likeness (QED) is 0.463. The lowest BCUT2D eigenvalue weighted by Gasteiger charge is -2.25. The third-order valence-electron chi connectivity index (χ3n) is 7.07. The van der Waals surface area contributed by atoms with E-state index in [4.69, 9.17) is 9.84 Å². The third-order valence-corrected chi connectivity index (χ3v) is 8.32. The maximum atomic E-state index is 13.9. The molecule has 3 aromatic rings. The summed E-state index contributed by atoms with van der Waals surface area (Å²) in [4.78, 5) is 28.4. The Labute approximate surface area is 233 Å². The van der Waals surface area contributed by atoms with Gasteiger partial charge in [0.05, 0.1) is 28.5 Å². The van der Waals surface area contributed by atoms with Crippen molar-refractivity contribution in [1.82, 2.24) is 15.1 Å². The minimum absolute atomic E-state index is 0.00263. The second-order valence-electron chi connectivity index (χ2n) is 11.2. The fraction of sp³-hybridized carbons (Fsp3) is 0.433. The molecule has 1 saturated heterocycles. The topological polar surface area (TPSA) is 76.5 Å². The van der Waals surface area contributed by atoms with Crippen LogP contribution in [0.5, 0.6) is 0 Å². The highest BCUT2D eigenvalue weighted by atomic mass is 32.2. The fourth-order valence-corrected chi connectivity index (χ4v) is 6.35. The number of ether oxygens (including phenoxy) is 1. The first kappa shape index (κ1) is 27.4. The molecule has 0 spiro atoms. The summed E-state index contributed by atoms with van der Waals surface area (Å²) in [5.74, 6) is -0.0254. The van der Waals surface area contributed by atoms with Gasteiger partial charge in [0.2, 0.25) is 11.8 Å². The standard InChI is InChI=1S/C30H35FN4O3S/c1-19-7-5-8-20(15-19)27-26-28(30(2,3)4)33-35(22-12-10-21(31)11-13-22)29(26)34(25(37)18-39-27)17-24(36)32-16-23-9-6-14-38-23/h5,7-8,10-13,15,23,27H,6,9,14,16-18H2,1-4H3,(H,32,36). The van der Waals surface area contributed by atoms with E-state index in [9.17, 15) is 14.0 Å². The Morgan fingerprint density at radius 1 is 1.21 bits per heavy atom. The molecular weight excluding hydrogens is 515 g/mol. The zero-order valence-corrected chi connectivity index (χ0v) is 23.7. The molecule has 1 fully saturated rings. The molecule has 39 heavy (non-hydrogen) atoms. The lowest BCUT2D eigenvalue weighted by molar-refractivity contribution is -0.123. The van der Waals surface area contributed by atoms with E-state index in [2.05, 4.69) is 38.2 Å². The van der Waals surface area contributed by atoms with Crippen LogP contribution in [0.3, 0.4) is 0 Å². The molecule has 5 rings (SSSR count). The molecule has 1 N–H and O–H groups in total. The number of hydrogen-bond acceptors (Lipinski definition) is 5. The van der Waals surface area contributed by atoms with Gasteiger partial charge in [-0.2, -0.15) is 5.10 Å². The van der Waals surface area contributed by atoms with Crippen LogP contribution < -0.4 is 10.2 Å². The Morgan fingerprint density at radius 2 is 1.97 bits per heavy atom. The number of fused-ring (bicyclic) bond motifs is 1. The summed E-state index contributed by atoms with van der Waals surface area (Å²) in [7, 11) is 0. The van der Waals surface area contributed by atoms with E-state index >= 15 is 0 Å². The molecule has 2 aliphatic rings. The number of nitrogens with one attached hydrogen (secondary N) is 1.